The van der Waals surface area contributed by atoms with Crippen LogP contribution in [0.5, 0.6) is 0 Å². The summed E-state index contributed by atoms with van der Waals surface area (Å²) in [7, 11) is 0. The first-order valence-electron chi connectivity index (χ1n) is 3.49. The number of benzene rings is 1. The molecule has 11 heavy (non-hydrogen) atoms. The van der Waals surface area contributed by atoms with Gasteiger partial charge in [0.2, 0.25) is 0 Å². The van der Waals surface area contributed by atoms with Gasteiger partial charge in [0.05, 0.1) is 0 Å². The smallest absolute Gasteiger partial charge is 0.128 e. The molecule has 1 atom stereocenters. The SMILES string of the molecule is OC1Cc2cc(Br)ccc2N1. The first kappa shape index (κ1) is 7.13. The minimum atomic E-state index is -0.403. The zero-order valence-corrected chi connectivity index (χ0v) is 7.43. The molecule has 0 aromatic heterocycles. The van der Waals surface area contributed by atoms with Crippen LogP contribution in [-0.4, -0.2) is 11.3 Å². The standard InChI is InChI=1S/C8H8BrNO/c9-6-1-2-7-5(3-6)4-8(11)10-7/h1-3,8,10-11H,4H2. The maximum absolute atomic E-state index is 9.22. The van der Waals surface area contributed by atoms with Crippen molar-refractivity contribution in [1.29, 1.82) is 0 Å². The second-order valence-corrected chi connectivity index (χ2v) is 3.58. The van der Waals surface area contributed by atoms with Gasteiger partial charge in [-0.3, -0.25) is 0 Å². The normalized spacial score (nSPS) is 21.1. The van der Waals surface area contributed by atoms with E-state index in [1.807, 2.05) is 18.2 Å². The molecule has 0 spiro atoms. The first-order valence-corrected chi connectivity index (χ1v) is 4.28. The highest BCUT2D eigenvalue weighted by molar-refractivity contribution is 9.10. The van der Waals surface area contributed by atoms with E-state index < -0.39 is 6.23 Å². The molecule has 1 aromatic carbocycles. The van der Waals surface area contributed by atoms with Crippen LogP contribution in [0.4, 0.5) is 5.69 Å². The van der Waals surface area contributed by atoms with E-state index in [0.717, 1.165) is 10.2 Å². The van der Waals surface area contributed by atoms with E-state index >= 15 is 0 Å². The molecular weight excluding hydrogens is 206 g/mol. The lowest BCUT2D eigenvalue weighted by Crippen LogP contribution is -2.12. The van der Waals surface area contributed by atoms with Crippen molar-refractivity contribution < 1.29 is 5.11 Å². The Labute approximate surface area is 73.4 Å². The Hall–Kier alpha value is -0.540. The number of nitrogens with one attached hydrogen (secondary N) is 1. The number of halogens is 1. The highest BCUT2D eigenvalue weighted by atomic mass is 79.9. The highest BCUT2D eigenvalue weighted by Gasteiger charge is 2.17. The van der Waals surface area contributed by atoms with E-state index in [-0.39, 0.29) is 0 Å². The average Bonchev–Trinajstić information content (AvgIpc) is 2.27. The van der Waals surface area contributed by atoms with Crippen molar-refractivity contribution in [2.75, 3.05) is 5.32 Å². The van der Waals surface area contributed by atoms with Crippen molar-refractivity contribution in [2.45, 2.75) is 12.6 Å². The zero-order valence-electron chi connectivity index (χ0n) is 5.84. The van der Waals surface area contributed by atoms with Gasteiger partial charge in [-0.25, -0.2) is 0 Å². The molecule has 2 N–H and O–H groups in total. The number of fused-ring (bicyclic) bond motifs is 1. The van der Waals surface area contributed by atoms with Crippen LogP contribution in [0.15, 0.2) is 22.7 Å². The Morgan fingerprint density at radius 2 is 2.36 bits per heavy atom. The number of hydrogen-bond acceptors (Lipinski definition) is 2. The van der Waals surface area contributed by atoms with Gasteiger partial charge in [0.1, 0.15) is 6.23 Å². The molecule has 58 valence electrons. The van der Waals surface area contributed by atoms with Crippen molar-refractivity contribution in [3.8, 4) is 0 Å². The van der Waals surface area contributed by atoms with Gasteiger partial charge >= 0.3 is 0 Å². The molecule has 0 saturated carbocycles. The fourth-order valence-electron chi connectivity index (χ4n) is 1.31. The van der Waals surface area contributed by atoms with Gasteiger partial charge in [-0.05, 0) is 23.8 Å². The molecule has 0 fully saturated rings. The lowest BCUT2D eigenvalue weighted by atomic mass is 10.2. The maximum Gasteiger partial charge on any atom is 0.128 e. The quantitative estimate of drug-likeness (QED) is 0.689. The van der Waals surface area contributed by atoms with Crippen LogP contribution < -0.4 is 5.32 Å². The molecular formula is C8H8BrNO. The lowest BCUT2D eigenvalue weighted by Gasteiger charge is -2.00. The average molecular weight is 214 g/mol. The summed E-state index contributed by atoms with van der Waals surface area (Å²) in [6, 6.07) is 5.96. The molecule has 1 aromatic rings. The summed E-state index contributed by atoms with van der Waals surface area (Å²) < 4.78 is 1.06. The van der Waals surface area contributed by atoms with Gasteiger partial charge in [-0.15, -0.1) is 0 Å². The molecule has 2 rings (SSSR count). The van der Waals surface area contributed by atoms with Gasteiger partial charge in [-0.1, -0.05) is 15.9 Å². The van der Waals surface area contributed by atoms with Crippen molar-refractivity contribution in [1.82, 2.24) is 0 Å². The van der Waals surface area contributed by atoms with Crippen LogP contribution >= 0.6 is 15.9 Å². The third-order valence-corrected chi connectivity index (χ3v) is 2.30. The van der Waals surface area contributed by atoms with Gasteiger partial charge in [0.25, 0.3) is 0 Å². The lowest BCUT2D eigenvalue weighted by molar-refractivity contribution is 0.212. The van der Waals surface area contributed by atoms with E-state index in [2.05, 4.69) is 21.2 Å². The second-order valence-electron chi connectivity index (χ2n) is 2.67. The van der Waals surface area contributed by atoms with E-state index in [0.29, 0.717) is 6.42 Å². The molecule has 2 nitrogen and oxygen atoms in total. The summed E-state index contributed by atoms with van der Waals surface area (Å²) in [5, 5.41) is 12.2. The number of rotatable bonds is 0. The molecule has 0 bridgehead atoms. The van der Waals surface area contributed by atoms with E-state index in [4.69, 9.17) is 0 Å². The van der Waals surface area contributed by atoms with Crippen LogP contribution in [0, 0.1) is 0 Å². The summed E-state index contributed by atoms with van der Waals surface area (Å²) in [6.45, 7) is 0. The topological polar surface area (TPSA) is 32.3 Å². The highest BCUT2D eigenvalue weighted by Crippen LogP contribution is 2.27. The van der Waals surface area contributed by atoms with Gasteiger partial charge in [0.15, 0.2) is 0 Å². The van der Waals surface area contributed by atoms with Crippen molar-refractivity contribution in [2.24, 2.45) is 0 Å². The molecule has 0 radical (unpaired) electrons. The van der Waals surface area contributed by atoms with Gasteiger partial charge < -0.3 is 10.4 Å². The minimum Gasteiger partial charge on any atom is -0.373 e. The fourth-order valence-corrected chi connectivity index (χ4v) is 1.72. The van der Waals surface area contributed by atoms with Crippen LogP contribution in [0.3, 0.4) is 0 Å². The van der Waals surface area contributed by atoms with Crippen LogP contribution in [0.2, 0.25) is 0 Å². The Bertz CT molecular complexity index is 287. The molecule has 1 unspecified atom stereocenters. The molecule has 1 heterocycles. The van der Waals surface area contributed by atoms with E-state index in [1.54, 1.807) is 0 Å². The first-order chi connectivity index (χ1) is 5.25. The largest absolute Gasteiger partial charge is 0.373 e. The molecule has 0 aliphatic carbocycles. The number of aliphatic hydroxyl groups is 1. The summed E-state index contributed by atoms with van der Waals surface area (Å²) in [6.07, 6.45) is 0.300. The monoisotopic (exact) mass is 213 g/mol. The molecule has 1 aliphatic rings. The maximum atomic E-state index is 9.22. The third kappa shape index (κ3) is 1.26. The van der Waals surface area contributed by atoms with Crippen LogP contribution in [0.1, 0.15) is 5.56 Å². The zero-order chi connectivity index (χ0) is 7.84. The molecule has 1 aliphatic heterocycles. The predicted molar refractivity (Wildman–Crippen MR) is 47.5 cm³/mol. The Kier molecular flexibility index (Phi) is 1.62. The summed E-state index contributed by atoms with van der Waals surface area (Å²) in [5.41, 5.74) is 2.22. The van der Waals surface area contributed by atoms with Crippen molar-refractivity contribution in [3.63, 3.8) is 0 Å². The fraction of sp³-hybridized carbons (Fsp3) is 0.250. The van der Waals surface area contributed by atoms with Crippen molar-refractivity contribution >= 4 is 21.6 Å². The van der Waals surface area contributed by atoms with E-state index in [9.17, 15) is 5.11 Å². The predicted octanol–water partition coefficient (Wildman–Crippen LogP) is 1.74. The van der Waals surface area contributed by atoms with Crippen LogP contribution in [-0.2, 0) is 6.42 Å². The van der Waals surface area contributed by atoms with Gasteiger partial charge in [0, 0.05) is 16.6 Å². The Balaban J connectivity index is 2.43. The van der Waals surface area contributed by atoms with Crippen LogP contribution in [0.25, 0.3) is 0 Å². The Morgan fingerprint density at radius 3 is 3.18 bits per heavy atom. The number of hydrogen-bond donors (Lipinski definition) is 2. The summed E-state index contributed by atoms with van der Waals surface area (Å²) in [5.74, 6) is 0. The molecule has 0 amide bonds. The van der Waals surface area contributed by atoms with E-state index in [1.165, 1.54) is 5.56 Å². The number of anilines is 1. The summed E-state index contributed by atoms with van der Waals surface area (Å²) >= 11 is 3.38. The molecule has 0 saturated heterocycles. The van der Waals surface area contributed by atoms with Crippen molar-refractivity contribution in [3.05, 3.63) is 28.2 Å². The number of aliphatic hydroxyl groups excluding tert-OH is 1. The molecule has 3 heteroatoms. The third-order valence-electron chi connectivity index (χ3n) is 1.80. The second kappa shape index (κ2) is 2.50. The minimum absolute atomic E-state index is 0.403. The van der Waals surface area contributed by atoms with Gasteiger partial charge in [-0.2, -0.15) is 0 Å². The Morgan fingerprint density at radius 1 is 1.55 bits per heavy atom. The summed E-state index contributed by atoms with van der Waals surface area (Å²) in [4.78, 5) is 0.